The van der Waals surface area contributed by atoms with E-state index in [9.17, 15) is 4.79 Å². The van der Waals surface area contributed by atoms with Gasteiger partial charge in [-0.15, -0.1) is 0 Å². The van der Waals surface area contributed by atoms with Crippen LogP contribution >= 0.6 is 11.8 Å². The first-order chi connectivity index (χ1) is 9.28. The van der Waals surface area contributed by atoms with Crippen LogP contribution in [0.5, 0.6) is 0 Å². The summed E-state index contributed by atoms with van der Waals surface area (Å²) < 4.78 is 5.43. The Bertz CT molecular complexity index is 265. The van der Waals surface area contributed by atoms with Crippen molar-refractivity contribution in [3.63, 3.8) is 0 Å². The van der Waals surface area contributed by atoms with Crippen LogP contribution in [0.4, 0.5) is 4.79 Å². The normalized spacial score (nSPS) is 11.8. The van der Waals surface area contributed by atoms with Gasteiger partial charge in [-0.1, -0.05) is 0 Å². The zero-order valence-electron chi connectivity index (χ0n) is 14.0. The van der Waals surface area contributed by atoms with E-state index in [-0.39, 0.29) is 12.1 Å². The number of thioether (sulfide) groups is 1. The maximum atomic E-state index is 12.1. The van der Waals surface area contributed by atoms with Crippen molar-refractivity contribution in [3.05, 3.63) is 0 Å². The van der Waals surface area contributed by atoms with Crippen molar-refractivity contribution in [1.29, 1.82) is 0 Å². The van der Waals surface area contributed by atoms with Gasteiger partial charge in [0.05, 0.1) is 0 Å². The second-order valence-corrected chi connectivity index (χ2v) is 7.20. The van der Waals surface area contributed by atoms with E-state index in [4.69, 9.17) is 4.74 Å². The van der Waals surface area contributed by atoms with Crippen molar-refractivity contribution in [1.82, 2.24) is 10.2 Å². The average Bonchev–Trinajstić information content (AvgIpc) is 2.29. The highest BCUT2D eigenvalue weighted by molar-refractivity contribution is 7.98. The third-order valence-electron chi connectivity index (χ3n) is 2.73. The van der Waals surface area contributed by atoms with Gasteiger partial charge < -0.3 is 15.0 Å². The molecule has 0 saturated carbocycles. The van der Waals surface area contributed by atoms with Crippen molar-refractivity contribution >= 4 is 17.9 Å². The molecule has 0 aliphatic heterocycles. The van der Waals surface area contributed by atoms with Crippen LogP contribution in [-0.4, -0.2) is 54.3 Å². The first-order valence-corrected chi connectivity index (χ1v) is 8.86. The summed E-state index contributed by atoms with van der Waals surface area (Å²) in [5, 5.41) is 3.39. The van der Waals surface area contributed by atoms with Gasteiger partial charge in [-0.2, -0.15) is 11.8 Å². The van der Waals surface area contributed by atoms with Gasteiger partial charge in [0.1, 0.15) is 5.60 Å². The van der Waals surface area contributed by atoms with Crippen LogP contribution in [0.1, 0.15) is 47.5 Å². The van der Waals surface area contributed by atoms with Gasteiger partial charge in [-0.25, -0.2) is 4.79 Å². The fourth-order valence-corrected chi connectivity index (χ4v) is 2.19. The lowest BCUT2D eigenvalue weighted by atomic mass is 10.2. The number of nitrogens with one attached hydrogen (secondary N) is 1. The standard InChI is InChI=1S/C15H32N2O2S/c1-13(2)17(14(18)19-15(3,4)5)11-10-16-9-7-8-12-20-6/h13,16H,7-12H2,1-6H3. The zero-order chi connectivity index (χ0) is 15.6. The minimum absolute atomic E-state index is 0.156. The highest BCUT2D eigenvalue weighted by Gasteiger charge is 2.23. The lowest BCUT2D eigenvalue weighted by Crippen LogP contribution is -2.44. The van der Waals surface area contributed by atoms with E-state index < -0.39 is 5.60 Å². The Morgan fingerprint density at radius 1 is 1.25 bits per heavy atom. The lowest BCUT2D eigenvalue weighted by Gasteiger charge is -2.30. The maximum absolute atomic E-state index is 12.1. The molecule has 0 aromatic carbocycles. The Kier molecular flexibility index (Phi) is 10.1. The summed E-state index contributed by atoms with van der Waals surface area (Å²) in [6.45, 7) is 12.2. The van der Waals surface area contributed by atoms with Crippen molar-refractivity contribution in [2.24, 2.45) is 0 Å². The molecular formula is C15H32N2O2S. The van der Waals surface area contributed by atoms with E-state index in [0.717, 1.165) is 13.1 Å². The monoisotopic (exact) mass is 304 g/mol. The van der Waals surface area contributed by atoms with E-state index in [1.54, 1.807) is 4.90 Å². The molecule has 0 heterocycles. The molecule has 0 aromatic rings. The molecule has 1 amide bonds. The minimum Gasteiger partial charge on any atom is -0.444 e. The van der Waals surface area contributed by atoms with Gasteiger partial charge in [-0.3, -0.25) is 0 Å². The molecule has 0 aliphatic carbocycles. The highest BCUT2D eigenvalue weighted by Crippen LogP contribution is 2.11. The maximum Gasteiger partial charge on any atom is 0.410 e. The molecule has 0 saturated heterocycles. The number of rotatable bonds is 9. The molecule has 0 atom stereocenters. The molecular weight excluding hydrogens is 272 g/mol. The molecule has 0 bridgehead atoms. The van der Waals surface area contributed by atoms with E-state index in [1.165, 1.54) is 18.6 Å². The molecule has 120 valence electrons. The van der Waals surface area contributed by atoms with Gasteiger partial charge >= 0.3 is 6.09 Å². The minimum atomic E-state index is -0.435. The van der Waals surface area contributed by atoms with Crippen molar-refractivity contribution in [3.8, 4) is 0 Å². The molecule has 0 aromatic heterocycles. The summed E-state index contributed by atoms with van der Waals surface area (Å²) in [5.41, 5.74) is -0.435. The number of nitrogens with zero attached hydrogens (tertiary/aromatic N) is 1. The van der Waals surface area contributed by atoms with Crippen molar-refractivity contribution < 1.29 is 9.53 Å². The van der Waals surface area contributed by atoms with Crippen molar-refractivity contribution in [2.45, 2.75) is 59.1 Å². The fourth-order valence-electron chi connectivity index (χ4n) is 1.70. The quantitative estimate of drug-likeness (QED) is 0.663. The lowest BCUT2D eigenvalue weighted by molar-refractivity contribution is 0.0194. The molecule has 0 fully saturated rings. The number of carbonyl (C=O) groups is 1. The summed E-state index contributed by atoms with van der Waals surface area (Å²) >= 11 is 1.89. The molecule has 4 nitrogen and oxygen atoms in total. The largest absolute Gasteiger partial charge is 0.444 e. The molecule has 5 heteroatoms. The van der Waals surface area contributed by atoms with Crippen LogP contribution in [0.15, 0.2) is 0 Å². The number of hydrogen-bond acceptors (Lipinski definition) is 4. The predicted molar refractivity (Wildman–Crippen MR) is 88.6 cm³/mol. The van der Waals surface area contributed by atoms with Crippen LogP contribution < -0.4 is 5.32 Å². The molecule has 0 spiro atoms. The van der Waals surface area contributed by atoms with Gasteiger partial charge in [-0.05, 0) is 66.0 Å². The first kappa shape index (κ1) is 19.6. The molecule has 0 radical (unpaired) electrons. The number of unbranched alkanes of at least 4 members (excludes halogenated alkanes) is 1. The first-order valence-electron chi connectivity index (χ1n) is 7.47. The predicted octanol–water partition coefficient (Wildman–Crippen LogP) is 3.36. The van der Waals surface area contributed by atoms with Crippen LogP contribution in [0.2, 0.25) is 0 Å². The van der Waals surface area contributed by atoms with E-state index in [1.807, 2.05) is 46.4 Å². The molecule has 1 N–H and O–H groups in total. The van der Waals surface area contributed by atoms with Gasteiger partial charge in [0.15, 0.2) is 0 Å². The van der Waals surface area contributed by atoms with E-state index in [0.29, 0.717) is 6.54 Å². The van der Waals surface area contributed by atoms with Crippen LogP contribution in [-0.2, 0) is 4.74 Å². The molecule has 0 unspecified atom stereocenters. The highest BCUT2D eigenvalue weighted by atomic mass is 32.2. The van der Waals surface area contributed by atoms with Gasteiger partial charge in [0.2, 0.25) is 0 Å². The summed E-state index contributed by atoms with van der Waals surface area (Å²) in [6.07, 6.45) is 4.34. The summed E-state index contributed by atoms with van der Waals surface area (Å²) in [6, 6.07) is 0.156. The SMILES string of the molecule is CSCCCCNCCN(C(=O)OC(C)(C)C)C(C)C. The van der Waals surface area contributed by atoms with Crippen LogP contribution in [0.25, 0.3) is 0 Å². The Labute approximate surface area is 129 Å². The smallest absolute Gasteiger partial charge is 0.410 e. The number of hydrogen-bond donors (Lipinski definition) is 1. The van der Waals surface area contributed by atoms with Gasteiger partial charge in [0, 0.05) is 19.1 Å². The Morgan fingerprint density at radius 3 is 2.40 bits per heavy atom. The Balaban J connectivity index is 3.95. The third kappa shape index (κ3) is 10.4. The molecule has 0 aliphatic rings. The molecule has 0 rings (SSSR count). The Morgan fingerprint density at radius 2 is 1.90 bits per heavy atom. The van der Waals surface area contributed by atoms with Crippen molar-refractivity contribution in [2.75, 3.05) is 31.6 Å². The number of ether oxygens (including phenoxy) is 1. The summed E-state index contributed by atoms with van der Waals surface area (Å²) in [4.78, 5) is 13.9. The topological polar surface area (TPSA) is 41.6 Å². The van der Waals surface area contributed by atoms with Crippen LogP contribution in [0.3, 0.4) is 0 Å². The third-order valence-corrected chi connectivity index (χ3v) is 3.43. The molecule has 20 heavy (non-hydrogen) atoms. The second kappa shape index (κ2) is 10.3. The van der Waals surface area contributed by atoms with E-state index in [2.05, 4.69) is 11.6 Å². The Hall–Kier alpha value is -0.420. The van der Waals surface area contributed by atoms with Crippen LogP contribution in [0, 0.1) is 0 Å². The number of carbonyl (C=O) groups excluding carboxylic acids is 1. The zero-order valence-corrected chi connectivity index (χ0v) is 14.8. The average molecular weight is 305 g/mol. The second-order valence-electron chi connectivity index (χ2n) is 6.22. The fraction of sp³-hybridized carbons (Fsp3) is 0.933. The van der Waals surface area contributed by atoms with E-state index >= 15 is 0 Å². The number of amides is 1. The summed E-state index contributed by atoms with van der Waals surface area (Å²) in [7, 11) is 0. The van der Waals surface area contributed by atoms with Gasteiger partial charge in [0.25, 0.3) is 0 Å². The summed E-state index contributed by atoms with van der Waals surface area (Å²) in [5.74, 6) is 1.22.